The van der Waals surface area contributed by atoms with Crippen LogP contribution in [-0.2, 0) is 11.4 Å². The first-order valence-electron chi connectivity index (χ1n) is 9.65. The van der Waals surface area contributed by atoms with Crippen molar-refractivity contribution in [1.82, 2.24) is 5.32 Å². The summed E-state index contributed by atoms with van der Waals surface area (Å²) in [5, 5.41) is 6.92. The van der Waals surface area contributed by atoms with Crippen molar-refractivity contribution in [3.8, 4) is 5.75 Å². The number of amides is 1. The number of hydrogen-bond donors (Lipinski definition) is 2. The highest BCUT2D eigenvalue weighted by atomic mass is 35.5. The van der Waals surface area contributed by atoms with Gasteiger partial charge in [-0.2, -0.15) is 0 Å². The Morgan fingerprint density at radius 3 is 2.58 bits per heavy atom. The van der Waals surface area contributed by atoms with E-state index >= 15 is 0 Å². The highest BCUT2D eigenvalue weighted by Gasteiger charge is 2.27. The number of hydrogen-bond acceptors (Lipinski definition) is 4. The Hall–Kier alpha value is -2.96. The van der Waals surface area contributed by atoms with Crippen LogP contribution < -0.4 is 15.4 Å². The smallest absolute Gasteiger partial charge is 0.260 e. The van der Waals surface area contributed by atoms with E-state index in [1.807, 2.05) is 55.5 Å². The lowest BCUT2D eigenvalue weighted by Crippen LogP contribution is -2.31. The zero-order chi connectivity index (χ0) is 21.8. The van der Waals surface area contributed by atoms with Gasteiger partial charge < -0.3 is 15.4 Å². The van der Waals surface area contributed by atoms with Crippen LogP contribution in [0.2, 0.25) is 5.02 Å². The number of rotatable bonds is 6. The van der Waals surface area contributed by atoms with E-state index in [1.54, 1.807) is 12.1 Å². The summed E-state index contributed by atoms with van der Waals surface area (Å²) in [6.07, 6.45) is 1.85. The van der Waals surface area contributed by atoms with E-state index in [2.05, 4.69) is 10.6 Å². The number of carbonyl (C=O) groups excluding carboxylic acids is 1. The highest BCUT2D eigenvalue weighted by Crippen LogP contribution is 2.31. The summed E-state index contributed by atoms with van der Waals surface area (Å²) in [5.41, 5.74) is 3.47. The van der Waals surface area contributed by atoms with Crippen molar-refractivity contribution in [1.29, 1.82) is 0 Å². The monoisotopic (exact) mass is 454 g/mol. The fourth-order valence-electron chi connectivity index (χ4n) is 3.05. The van der Waals surface area contributed by atoms with Gasteiger partial charge in [-0.15, -0.1) is 0 Å². The number of anilines is 1. The Kier molecular flexibility index (Phi) is 6.49. The van der Waals surface area contributed by atoms with E-state index in [0.717, 1.165) is 22.4 Å². The summed E-state index contributed by atoms with van der Waals surface area (Å²) in [6.45, 7) is 2.32. The second-order valence-electron chi connectivity index (χ2n) is 7.07. The van der Waals surface area contributed by atoms with Gasteiger partial charge in [0.05, 0.1) is 4.91 Å². The molecule has 1 atom stereocenters. The lowest BCUT2D eigenvalue weighted by Gasteiger charge is -2.15. The molecule has 0 aromatic heterocycles. The molecule has 1 aliphatic rings. The van der Waals surface area contributed by atoms with E-state index < -0.39 is 0 Å². The van der Waals surface area contributed by atoms with Crippen molar-refractivity contribution in [3.05, 3.63) is 99.2 Å². The molecule has 1 fully saturated rings. The molecular weight excluding hydrogens is 435 g/mol. The fourth-order valence-corrected chi connectivity index (χ4v) is 4.26. The molecule has 4 nitrogen and oxygen atoms in total. The molecule has 1 heterocycles. The van der Waals surface area contributed by atoms with E-state index in [9.17, 15) is 9.18 Å². The molecule has 158 valence electrons. The normalized spacial score (nSPS) is 16.9. The Balaban J connectivity index is 1.36. The molecule has 7 heteroatoms. The third kappa shape index (κ3) is 5.60. The van der Waals surface area contributed by atoms with Gasteiger partial charge in [0.15, 0.2) is 5.50 Å². The van der Waals surface area contributed by atoms with E-state index in [4.69, 9.17) is 16.3 Å². The minimum absolute atomic E-state index is 0.120. The molecule has 0 spiro atoms. The molecule has 0 aliphatic carbocycles. The molecule has 0 saturated carbocycles. The van der Waals surface area contributed by atoms with Crippen molar-refractivity contribution < 1.29 is 13.9 Å². The van der Waals surface area contributed by atoms with Crippen molar-refractivity contribution >= 4 is 41.0 Å². The lowest BCUT2D eigenvalue weighted by molar-refractivity contribution is -0.116. The van der Waals surface area contributed by atoms with Crippen LogP contribution in [0.5, 0.6) is 5.75 Å². The van der Waals surface area contributed by atoms with Gasteiger partial charge in [0, 0.05) is 10.7 Å². The second-order valence-corrected chi connectivity index (χ2v) is 8.65. The molecule has 2 N–H and O–H groups in total. The van der Waals surface area contributed by atoms with Crippen LogP contribution in [-0.4, -0.2) is 11.4 Å². The zero-order valence-corrected chi connectivity index (χ0v) is 18.3. The second kappa shape index (κ2) is 9.45. The molecule has 3 aromatic rings. The van der Waals surface area contributed by atoms with Gasteiger partial charge in [-0.05, 0) is 72.2 Å². The minimum atomic E-state index is -0.268. The van der Waals surface area contributed by atoms with Gasteiger partial charge in [0.1, 0.15) is 18.2 Å². The van der Waals surface area contributed by atoms with Gasteiger partial charge in [-0.3, -0.25) is 4.79 Å². The molecule has 0 bridgehead atoms. The predicted molar refractivity (Wildman–Crippen MR) is 124 cm³/mol. The van der Waals surface area contributed by atoms with Crippen molar-refractivity contribution in [3.63, 3.8) is 0 Å². The van der Waals surface area contributed by atoms with Gasteiger partial charge >= 0.3 is 0 Å². The third-order valence-electron chi connectivity index (χ3n) is 4.70. The molecule has 0 radical (unpaired) electrons. The van der Waals surface area contributed by atoms with E-state index in [1.165, 1.54) is 23.9 Å². The molecule has 1 unspecified atom stereocenters. The van der Waals surface area contributed by atoms with Crippen LogP contribution >= 0.6 is 23.4 Å². The van der Waals surface area contributed by atoms with Gasteiger partial charge in [-0.1, -0.05) is 47.6 Å². The summed E-state index contributed by atoms with van der Waals surface area (Å²) >= 11 is 7.43. The number of aryl methyl sites for hydroxylation is 1. The van der Waals surface area contributed by atoms with Crippen LogP contribution in [0.1, 0.15) is 16.7 Å². The SMILES string of the molecule is Cc1cc(Cl)ccc1NC1NC(=O)/C(=C/c2ccc(OCc3ccc(F)cc3)cc2)S1. The lowest BCUT2D eigenvalue weighted by atomic mass is 10.2. The van der Waals surface area contributed by atoms with Crippen LogP contribution in [0, 0.1) is 12.7 Å². The first-order chi connectivity index (χ1) is 15.0. The standard InChI is InChI=1S/C24H20ClFN2O2S/c1-15-12-18(25)6-11-21(15)27-24-28-23(29)22(31-24)13-16-4-9-20(10-5-16)30-14-17-2-7-19(26)8-3-17/h2-13,24,27H,14H2,1H3,(H,28,29)/b22-13-. The van der Waals surface area contributed by atoms with Crippen LogP contribution in [0.4, 0.5) is 10.1 Å². The Bertz CT molecular complexity index is 1120. The predicted octanol–water partition coefficient (Wildman–Crippen LogP) is 5.97. The molecular formula is C24H20ClFN2O2S. The zero-order valence-electron chi connectivity index (χ0n) is 16.7. The maximum atomic E-state index is 13.0. The Labute approximate surface area is 189 Å². The molecule has 1 amide bonds. The first-order valence-corrected chi connectivity index (χ1v) is 10.9. The fraction of sp³-hybridized carbons (Fsp3) is 0.125. The van der Waals surface area contributed by atoms with Crippen LogP contribution in [0.3, 0.4) is 0 Å². The molecule has 31 heavy (non-hydrogen) atoms. The highest BCUT2D eigenvalue weighted by molar-refractivity contribution is 8.05. The summed E-state index contributed by atoms with van der Waals surface area (Å²) in [5.74, 6) is 0.314. The number of ether oxygens (including phenoxy) is 1. The van der Waals surface area contributed by atoms with Crippen molar-refractivity contribution in [2.45, 2.75) is 19.0 Å². The summed E-state index contributed by atoms with van der Waals surface area (Å²) in [7, 11) is 0. The van der Waals surface area contributed by atoms with E-state index in [0.29, 0.717) is 22.3 Å². The number of benzene rings is 3. The average molecular weight is 455 g/mol. The average Bonchev–Trinajstić information content (AvgIpc) is 3.09. The van der Waals surface area contributed by atoms with Crippen molar-refractivity contribution in [2.24, 2.45) is 0 Å². The van der Waals surface area contributed by atoms with Gasteiger partial charge in [0.2, 0.25) is 0 Å². The maximum Gasteiger partial charge on any atom is 0.260 e. The number of thioether (sulfide) groups is 1. The Morgan fingerprint density at radius 2 is 1.87 bits per heavy atom. The molecule has 1 aliphatic heterocycles. The number of halogens is 2. The molecule has 1 saturated heterocycles. The summed E-state index contributed by atoms with van der Waals surface area (Å²) in [4.78, 5) is 13.0. The summed E-state index contributed by atoms with van der Waals surface area (Å²) in [6, 6.07) is 19.3. The van der Waals surface area contributed by atoms with Crippen LogP contribution in [0.25, 0.3) is 6.08 Å². The van der Waals surface area contributed by atoms with Crippen molar-refractivity contribution in [2.75, 3.05) is 5.32 Å². The third-order valence-corrected chi connectivity index (χ3v) is 5.97. The quantitative estimate of drug-likeness (QED) is 0.451. The Morgan fingerprint density at radius 1 is 1.13 bits per heavy atom. The minimum Gasteiger partial charge on any atom is -0.489 e. The van der Waals surface area contributed by atoms with Gasteiger partial charge in [-0.25, -0.2) is 4.39 Å². The molecule has 4 rings (SSSR count). The number of nitrogens with one attached hydrogen (secondary N) is 2. The first kappa shape index (κ1) is 21.3. The topological polar surface area (TPSA) is 50.4 Å². The largest absolute Gasteiger partial charge is 0.489 e. The maximum absolute atomic E-state index is 13.0. The van der Waals surface area contributed by atoms with Crippen LogP contribution in [0.15, 0.2) is 71.6 Å². The van der Waals surface area contributed by atoms with Gasteiger partial charge in [0.25, 0.3) is 5.91 Å². The van der Waals surface area contributed by atoms with E-state index in [-0.39, 0.29) is 17.2 Å². The molecule has 3 aromatic carbocycles. The summed E-state index contributed by atoms with van der Waals surface area (Å²) < 4.78 is 18.7. The number of carbonyl (C=O) groups is 1.